The van der Waals surface area contributed by atoms with Crippen LogP contribution in [0, 0.1) is 30.1 Å². The molecular weight excluding hydrogens is 1270 g/mol. The summed E-state index contributed by atoms with van der Waals surface area (Å²) >= 11 is 3.42. The normalized spacial score (nSPS) is 15.5. The molecule has 11 aromatic rings. The first-order chi connectivity index (χ1) is 46.1. The van der Waals surface area contributed by atoms with Crippen molar-refractivity contribution in [2.24, 2.45) is 16.2 Å². The van der Waals surface area contributed by atoms with Gasteiger partial charge in [0.1, 0.15) is 30.5 Å². The summed E-state index contributed by atoms with van der Waals surface area (Å²) in [6.45, 7) is 25.4. The number of hydrogen-bond acceptors (Lipinski definition) is 13. The molecule has 3 fully saturated rings. The predicted octanol–water partition coefficient (Wildman–Crippen LogP) is 19.0. The van der Waals surface area contributed by atoms with E-state index in [0.717, 1.165) is 88.1 Å². The molecule has 3 N–H and O–H groups in total. The third-order valence-electron chi connectivity index (χ3n) is 18.8. The lowest BCUT2D eigenvalue weighted by molar-refractivity contribution is 0.259. The largest absolute Gasteiger partial charge is 0.504 e. The predicted molar refractivity (Wildman–Crippen MR) is 392 cm³/mol. The van der Waals surface area contributed by atoms with E-state index in [1.54, 1.807) is 12.1 Å². The smallest absolute Gasteiger partial charge is 0.201 e. The molecule has 3 aromatic heterocycles. The second-order valence-corrected chi connectivity index (χ2v) is 28.7. The minimum absolute atomic E-state index is 0.000150. The summed E-state index contributed by atoms with van der Waals surface area (Å²) in [4.78, 5) is 42.8. The zero-order chi connectivity index (χ0) is 67.7. The monoisotopic (exact) mass is 1350 g/mol. The number of nitrogens with one attached hydrogen (secondary N) is 1. The molecule has 6 heterocycles. The highest BCUT2D eigenvalue weighted by Gasteiger charge is 2.28. The highest BCUT2D eigenvalue weighted by molar-refractivity contribution is 9.10. The average molecular weight is 1350 g/mol. The number of aromatic hydroxyl groups is 2. The maximum atomic E-state index is 13.0. The highest BCUT2D eigenvalue weighted by Crippen LogP contribution is 2.39. The molecule has 0 aliphatic carbocycles. The summed E-state index contributed by atoms with van der Waals surface area (Å²) in [6.07, 6.45) is 7.40. The van der Waals surface area contributed by atoms with Crippen molar-refractivity contribution in [3.8, 4) is 57.0 Å². The lowest BCUT2D eigenvalue weighted by atomic mass is 9.82. The summed E-state index contributed by atoms with van der Waals surface area (Å²) < 4.78 is 31.3. The molecule has 3 aliphatic heterocycles. The molecule has 0 radical (unpaired) electrons. The van der Waals surface area contributed by atoms with Crippen LogP contribution in [0.1, 0.15) is 102 Å². The van der Waals surface area contributed by atoms with Crippen LogP contribution < -0.4 is 40.9 Å². The average Bonchev–Trinajstić information content (AvgIpc) is 0.793. The molecule has 96 heavy (non-hydrogen) atoms. The first kappa shape index (κ1) is 68.0. The number of anilines is 2. The fourth-order valence-corrected chi connectivity index (χ4v) is 12.4. The zero-order valence-electron chi connectivity index (χ0n) is 56.2. The Morgan fingerprint density at radius 1 is 0.438 bits per heavy atom. The van der Waals surface area contributed by atoms with Gasteiger partial charge < -0.3 is 48.1 Å². The van der Waals surface area contributed by atoms with E-state index in [1.807, 2.05) is 153 Å². The molecule has 3 aliphatic rings. The van der Waals surface area contributed by atoms with E-state index in [-0.39, 0.29) is 33.0 Å². The van der Waals surface area contributed by atoms with Crippen molar-refractivity contribution in [1.82, 2.24) is 5.32 Å². The summed E-state index contributed by atoms with van der Waals surface area (Å²) in [5.41, 5.74) is 10.8. The minimum Gasteiger partial charge on any atom is -0.504 e. The van der Waals surface area contributed by atoms with E-state index in [2.05, 4.69) is 84.7 Å². The maximum Gasteiger partial charge on any atom is 0.201 e. The molecule has 0 atom stereocenters. The molecule has 0 bridgehead atoms. The van der Waals surface area contributed by atoms with Gasteiger partial charge in [0.25, 0.3) is 0 Å². The van der Waals surface area contributed by atoms with Crippen LogP contribution in [0.15, 0.2) is 220 Å². The van der Waals surface area contributed by atoms with Gasteiger partial charge in [0, 0.05) is 76.9 Å². The Balaban J connectivity index is 0.000000139. The molecule has 0 saturated carbocycles. The molecular formula is C82H86BrN3O10. The van der Waals surface area contributed by atoms with Crippen LogP contribution in [-0.4, -0.2) is 49.5 Å². The SMILES string of the molecule is CC1(C)CCN(c2ccc(-c3cc(=O)c4ccc(O)c(O)c4o3)cc2)CC1.CC1(C)CCNCC1.Cc1ccc2c(=O)cc(-c3ccc(Br)cc3)oc2c1OCc1ccccc1.Cc1ccc2c(=O)cc(-c3ccc(N4CCC(C)(C)CC4)cc3)oc2c1OCc1ccccc1. The zero-order valence-corrected chi connectivity index (χ0v) is 57.8. The van der Waals surface area contributed by atoms with E-state index in [9.17, 15) is 24.6 Å². The van der Waals surface area contributed by atoms with Crippen molar-refractivity contribution >= 4 is 60.2 Å². The van der Waals surface area contributed by atoms with Gasteiger partial charge in [-0.3, -0.25) is 14.4 Å². The maximum absolute atomic E-state index is 13.0. The second-order valence-electron chi connectivity index (χ2n) is 27.8. The van der Waals surface area contributed by atoms with Gasteiger partial charge in [-0.15, -0.1) is 0 Å². The van der Waals surface area contributed by atoms with Crippen LogP contribution in [0.5, 0.6) is 23.0 Å². The number of hydrogen-bond donors (Lipinski definition) is 3. The Morgan fingerprint density at radius 3 is 1.16 bits per heavy atom. The van der Waals surface area contributed by atoms with Crippen molar-refractivity contribution in [1.29, 1.82) is 0 Å². The Labute approximate surface area is 570 Å². The number of benzene rings is 8. The summed E-state index contributed by atoms with van der Waals surface area (Å²) in [5, 5.41) is 24.3. The minimum atomic E-state index is -0.418. The lowest BCUT2D eigenvalue weighted by Gasteiger charge is -2.38. The molecule has 0 amide bonds. The lowest BCUT2D eigenvalue weighted by Crippen LogP contribution is -2.37. The summed E-state index contributed by atoms with van der Waals surface area (Å²) in [6, 6.07) is 58.5. The third kappa shape index (κ3) is 16.8. The van der Waals surface area contributed by atoms with Gasteiger partial charge in [0.2, 0.25) is 5.75 Å². The standard InChI is InChI=1S/C30H31NO3.C23H17BrO3.C22H23NO4.C7H15N/c1-21-9-14-25-26(32)19-27(34-29(25)28(21)33-20-22-7-5-4-6-8-22)23-10-12-24(13-11-23)31-17-15-30(2,3)16-18-31;1-15-7-12-19-20(25)13-21(17-8-10-18(24)11-9-17)27-23(19)22(15)26-14-16-5-3-2-4-6-16;1-22(2)9-11-23(12-10-22)15-5-3-14(4-6-15)19-13-18(25)16-7-8-17(24)20(26)21(16)27-19;1-7(2)3-5-8-6-4-7/h4-14,19H,15-18,20H2,1-3H3;2-13H,14H2,1H3;3-8,13,24,26H,9-12H2,1-2H3;8H,3-6H2,1-2H3. The Hall–Kier alpha value is -9.37. The van der Waals surface area contributed by atoms with Gasteiger partial charge in [-0.25, -0.2) is 0 Å². The number of phenolic OH excluding ortho intramolecular Hbond substituents is 2. The number of ether oxygens (including phenoxy) is 2. The molecule has 8 aromatic carbocycles. The molecule has 496 valence electrons. The number of fused-ring (bicyclic) bond motifs is 3. The molecule has 14 rings (SSSR count). The first-order valence-corrected chi connectivity index (χ1v) is 34.0. The topological polar surface area (TPSA) is 168 Å². The van der Waals surface area contributed by atoms with Crippen molar-refractivity contribution in [3.05, 3.63) is 245 Å². The number of phenols is 2. The van der Waals surface area contributed by atoms with Gasteiger partial charge in [0.05, 0.1) is 16.2 Å². The van der Waals surface area contributed by atoms with Gasteiger partial charge >= 0.3 is 0 Å². The molecule has 14 heteroatoms. The molecule has 0 spiro atoms. The van der Waals surface area contributed by atoms with Crippen molar-refractivity contribution in [3.63, 3.8) is 0 Å². The van der Waals surface area contributed by atoms with Crippen molar-refractivity contribution in [2.75, 3.05) is 49.1 Å². The Bertz CT molecular complexity index is 4650. The number of halogens is 1. The van der Waals surface area contributed by atoms with Crippen molar-refractivity contribution < 1.29 is 32.9 Å². The highest BCUT2D eigenvalue weighted by atomic mass is 79.9. The first-order valence-electron chi connectivity index (χ1n) is 33.2. The van der Waals surface area contributed by atoms with Gasteiger partial charge in [-0.2, -0.15) is 0 Å². The quantitative estimate of drug-likeness (QED) is 0.105. The van der Waals surface area contributed by atoms with Crippen LogP contribution in [0.2, 0.25) is 0 Å². The van der Waals surface area contributed by atoms with E-state index < -0.39 is 5.75 Å². The fraction of sp³-hybridized carbons (Fsp3) is 0.305. The van der Waals surface area contributed by atoms with E-state index >= 15 is 0 Å². The molecule has 3 saturated heterocycles. The summed E-state index contributed by atoms with van der Waals surface area (Å²) in [5.74, 6) is 1.93. The van der Waals surface area contributed by atoms with E-state index in [1.165, 1.54) is 68.7 Å². The van der Waals surface area contributed by atoms with E-state index in [0.29, 0.717) is 80.2 Å². The van der Waals surface area contributed by atoms with E-state index in [4.69, 9.17) is 22.7 Å². The number of piperidine rings is 3. The molecule has 0 unspecified atom stereocenters. The van der Waals surface area contributed by atoms with Crippen LogP contribution in [0.3, 0.4) is 0 Å². The van der Waals surface area contributed by atoms with Gasteiger partial charge in [0.15, 0.2) is 50.3 Å². The van der Waals surface area contributed by atoms with Crippen LogP contribution in [0.25, 0.3) is 66.9 Å². The Morgan fingerprint density at radius 2 is 0.781 bits per heavy atom. The molecule has 13 nitrogen and oxygen atoms in total. The van der Waals surface area contributed by atoms with Crippen LogP contribution >= 0.6 is 15.9 Å². The second kappa shape index (κ2) is 29.7. The number of rotatable bonds is 11. The van der Waals surface area contributed by atoms with Crippen LogP contribution in [0.4, 0.5) is 11.4 Å². The van der Waals surface area contributed by atoms with Gasteiger partial charge in [-0.1, -0.05) is 142 Å². The summed E-state index contributed by atoms with van der Waals surface area (Å²) in [7, 11) is 0. The fourth-order valence-electron chi connectivity index (χ4n) is 12.2. The van der Waals surface area contributed by atoms with Gasteiger partial charge in [-0.05, 0) is 189 Å². The number of nitrogens with zero attached hydrogens (tertiary/aromatic N) is 2. The van der Waals surface area contributed by atoms with Crippen molar-refractivity contribution in [2.45, 2.75) is 107 Å². The number of aryl methyl sites for hydroxylation is 2. The Kier molecular flexibility index (Phi) is 21.1. The van der Waals surface area contributed by atoms with Crippen LogP contribution in [-0.2, 0) is 13.2 Å². The third-order valence-corrected chi connectivity index (χ3v) is 19.3.